The lowest BCUT2D eigenvalue weighted by molar-refractivity contribution is -0.154. The van der Waals surface area contributed by atoms with E-state index in [4.69, 9.17) is 9.84 Å². The highest BCUT2D eigenvalue weighted by Crippen LogP contribution is 1.99. The number of rotatable bonds is 15. The van der Waals surface area contributed by atoms with E-state index in [1.165, 1.54) is 5.56 Å². The van der Waals surface area contributed by atoms with E-state index in [-0.39, 0.29) is 6.54 Å². The van der Waals surface area contributed by atoms with Gasteiger partial charge in [0.15, 0.2) is 6.61 Å². The zero-order chi connectivity index (χ0) is 18.2. The Bertz CT molecular complexity index is 484. The maximum Gasteiger partial charge on any atom is 0.341 e. The minimum atomic E-state index is -1.16. The van der Waals surface area contributed by atoms with E-state index in [2.05, 4.69) is 20.7 Å². The Morgan fingerprint density at radius 3 is 2.24 bits per heavy atom. The second kappa shape index (κ2) is 14.4. The molecule has 0 heterocycles. The average molecular weight is 353 g/mol. The summed E-state index contributed by atoms with van der Waals surface area (Å²) >= 11 is 0. The number of carboxylic acid groups (broad SMARTS) is 1. The summed E-state index contributed by atoms with van der Waals surface area (Å²) in [6.07, 6.45) is 0. The van der Waals surface area contributed by atoms with Gasteiger partial charge in [0.25, 0.3) is 0 Å². The van der Waals surface area contributed by atoms with E-state index in [0.717, 1.165) is 19.6 Å². The summed E-state index contributed by atoms with van der Waals surface area (Å²) in [5, 5.41) is 17.7. The third kappa shape index (κ3) is 13.0. The Morgan fingerprint density at radius 2 is 1.56 bits per heavy atom. The predicted octanol–water partition coefficient (Wildman–Crippen LogP) is -0.400. The van der Waals surface area contributed by atoms with Crippen molar-refractivity contribution in [2.45, 2.75) is 6.61 Å². The second-order valence-electron chi connectivity index (χ2n) is 5.27. The van der Waals surface area contributed by atoms with Crippen LogP contribution in [0.25, 0.3) is 0 Å². The third-order valence-corrected chi connectivity index (χ3v) is 3.12. The molecule has 0 saturated carbocycles. The molecule has 0 fully saturated rings. The molecule has 0 aliphatic carbocycles. The Balaban J connectivity index is 1.78. The molecule has 0 aliphatic heterocycles. The van der Waals surface area contributed by atoms with Gasteiger partial charge in [-0.3, -0.25) is 4.79 Å². The number of ether oxygens (including phenoxy) is 2. The fraction of sp³-hybridized carbons (Fsp3) is 0.529. The van der Waals surface area contributed by atoms with Crippen molar-refractivity contribution < 1.29 is 24.2 Å². The van der Waals surface area contributed by atoms with Crippen molar-refractivity contribution in [3.63, 3.8) is 0 Å². The highest BCUT2D eigenvalue weighted by atomic mass is 16.5. The van der Waals surface area contributed by atoms with Crippen molar-refractivity contribution in [1.82, 2.24) is 16.0 Å². The van der Waals surface area contributed by atoms with Gasteiger partial charge in [-0.05, 0) is 5.56 Å². The molecule has 140 valence electrons. The molecule has 4 N–H and O–H groups in total. The quantitative estimate of drug-likeness (QED) is 0.249. The summed E-state index contributed by atoms with van der Waals surface area (Å²) in [6, 6.07) is 10.1. The van der Waals surface area contributed by atoms with Crippen LogP contribution in [-0.4, -0.2) is 69.5 Å². The van der Waals surface area contributed by atoms with Crippen molar-refractivity contribution in [3.05, 3.63) is 35.9 Å². The molecule has 25 heavy (non-hydrogen) atoms. The first-order chi connectivity index (χ1) is 12.2. The van der Waals surface area contributed by atoms with E-state index in [0.29, 0.717) is 26.3 Å². The predicted molar refractivity (Wildman–Crippen MR) is 93.3 cm³/mol. The molecule has 8 nitrogen and oxygen atoms in total. The summed E-state index contributed by atoms with van der Waals surface area (Å²) in [5.74, 6) is -1.73. The molecule has 8 heteroatoms. The van der Waals surface area contributed by atoms with Gasteiger partial charge in [-0.15, -0.1) is 0 Å². The third-order valence-electron chi connectivity index (χ3n) is 3.12. The Hall–Kier alpha value is -2.00. The standard InChI is InChI=1S/C17H27N3O5/c21-16(22)14-25-17(23)12-20-9-8-18-6-7-19-10-11-24-13-15-4-2-1-3-5-15/h1-5,18-20H,6-14H2,(H,21,22). The largest absolute Gasteiger partial charge is 0.479 e. The van der Waals surface area contributed by atoms with E-state index < -0.39 is 18.5 Å². The molecule has 1 aromatic carbocycles. The number of aliphatic carboxylic acids is 1. The number of nitrogens with one attached hydrogen (secondary N) is 3. The number of carbonyl (C=O) groups is 2. The van der Waals surface area contributed by atoms with Crippen LogP contribution < -0.4 is 16.0 Å². The number of benzene rings is 1. The number of esters is 1. The van der Waals surface area contributed by atoms with Crippen molar-refractivity contribution in [2.75, 3.05) is 52.5 Å². The van der Waals surface area contributed by atoms with Crippen LogP contribution in [0.2, 0.25) is 0 Å². The molecule has 0 atom stereocenters. The Labute approximate surface area is 147 Å². The molecule has 0 spiro atoms. The molecular formula is C17H27N3O5. The molecule has 0 unspecified atom stereocenters. The zero-order valence-corrected chi connectivity index (χ0v) is 14.3. The normalized spacial score (nSPS) is 10.6. The molecule has 0 aromatic heterocycles. The van der Waals surface area contributed by atoms with Crippen LogP contribution in [-0.2, 0) is 25.7 Å². The molecule has 1 aromatic rings. The van der Waals surface area contributed by atoms with Gasteiger partial charge in [0, 0.05) is 32.7 Å². The van der Waals surface area contributed by atoms with Gasteiger partial charge >= 0.3 is 11.9 Å². The van der Waals surface area contributed by atoms with E-state index in [1.807, 2.05) is 30.3 Å². The summed E-state index contributed by atoms with van der Waals surface area (Å²) < 4.78 is 10.0. The molecule has 0 radical (unpaired) electrons. The topological polar surface area (TPSA) is 109 Å². The SMILES string of the molecule is O=C(O)COC(=O)CNCCNCCNCCOCc1ccccc1. The molecule has 0 aliphatic rings. The van der Waals surface area contributed by atoms with Gasteiger partial charge in [0.05, 0.1) is 19.8 Å². The minimum Gasteiger partial charge on any atom is -0.479 e. The van der Waals surface area contributed by atoms with Crippen molar-refractivity contribution in [2.24, 2.45) is 0 Å². The van der Waals surface area contributed by atoms with Crippen LogP contribution in [0, 0.1) is 0 Å². The van der Waals surface area contributed by atoms with Crippen molar-refractivity contribution >= 4 is 11.9 Å². The maximum absolute atomic E-state index is 11.1. The summed E-state index contributed by atoms with van der Waals surface area (Å²) in [4.78, 5) is 21.3. The highest BCUT2D eigenvalue weighted by molar-refractivity contribution is 5.76. The first kappa shape index (κ1) is 21.0. The van der Waals surface area contributed by atoms with E-state index >= 15 is 0 Å². The van der Waals surface area contributed by atoms with Crippen LogP contribution in [0.15, 0.2) is 30.3 Å². The van der Waals surface area contributed by atoms with Gasteiger partial charge < -0.3 is 30.5 Å². The van der Waals surface area contributed by atoms with Crippen LogP contribution in [0.3, 0.4) is 0 Å². The first-order valence-corrected chi connectivity index (χ1v) is 8.29. The lowest BCUT2D eigenvalue weighted by atomic mass is 10.2. The van der Waals surface area contributed by atoms with Crippen molar-refractivity contribution in [3.8, 4) is 0 Å². The summed E-state index contributed by atoms with van der Waals surface area (Å²) in [6.45, 7) is 4.43. The number of hydrogen-bond acceptors (Lipinski definition) is 7. The number of hydrogen-bond donors (Lipinski definition) is 4. The smallest absolute Gasteiger partial charge is 0.341 e. The monoisotopic (exact) mass is 353 g/mol. The Morgan fingerprint density at radius 1 is 0.920 bits per heavy atom. The Kier molecular flexibility index (Phi) is 12.1. The average Bonchev–Trinajstić information content (AvgIpc) is 2.61. The lowest BCUT2D eigenvalue weighted by Crippen LogP contribution is -2.35. The second-order valence-corrected chi connectivity index (χ2v) is 5.27. The highest BCUT2D eigenvalue weighted by Gasteiger charge is 2.04. The van der Waals surface area contributed by atoms with E-state index in [9.17, 15) is 9.59 Å². The minimum absolute atomic E-state index is 0.00592. The molecule has 1 rings (SSSR count). The van der Waals surface area contributed by atoms with Gasteiger partial charge in [-0.2, -0.15) is 0 Å². The maximum atomic E-state index is 11.1. The molecule has 0 bridgehead atoms. The van der Waals surface area contributed by atoms with Crippen LogP contribution in [0.4, 0.5) is 0 Å². The number of carbonyl (C=O) groups excluding carboxylic acids is 1. The number of carboxylic acids is 1. The fourth-order valence-corrected chi connectivity index (χ4v) is 1.90. The van der Waals surface area contributed by atoms with Gasteiger partial charge in [0.1, 0.15) is 0 Å². The van der Waals surface area contributed by atoms with Crippen LogP contribution in [0.1, 0.15) is 5.56 Å². The zero-order valence-electron chi connectivity index (χ0n) is 14.3. The fourth-order valence-electron chi connectivity index (χ4n) is 1.90. The van der Waals surface area contributed by atoms with Gasteiger partial charge in [-0.1, -0.05) is 30.3 Å². The van der Waals surface area contributed by atoms with Crippen LogP contribution in [0.5, 0.6) is 0 Å². The summed E-state index contributed by atoms with van der Waals surface area (Å²) in [5.41, 5.74) is 1.17. The molecular weight excluding hydrogens is 326 g/mol. The van der Waals surface area contributed by atoms with E-state index in [1.54, 1.807) is 0 Å². The van der Waals surface area contributed by atoms with Crippen molar-refractivity contribution in [1.29, 1.82) is 0 Å². The lowest BCUT2D eigenvalue weighted by Gasteiger charge is -2.08. The van der Waals surface area contributed by atoms with Gasteiger partial charge in [-0.25, -0.2) is 4.79 Å². The first-order valence-electron chi connectivity index (χ1n) is 8.29. The summed E-state index contributed by atoms with van der Waals surface area (Å²) in [7, 11) is 0. The molecule has 0 amide bonds. The molecule has 0 saturated heterocycles. The van der Waals surface area contributed by atoms with Gasteiger partial charge in [0.2, 0.25) is 0 Å². The van der Waals surface area contributed by atoms with Crippen LogP contribution >= 0.6 is 0 Å².